The molecule has 0 atom stereocenters. The third-order valence-electron chi connectivity index (χ3n) is 3.00. The van der Waals surface area contributed by atoms with Gasteiger partial charge in [0.1, 0.15) is 0 Å². The van der Waals surface area contributed by atoms with E-state index in [1.165, 1.54) is 6.42 Å². The lowest BCUT2D eigenvalue weighted by atomic mass is 10.1. The van der Waals surface area contributed by atoms with Crippen molar-refractivity contribution < 1.29 is 14.8 Å². The molecule has 0 aromatic heterocycles. The number of aliphatic carboxylic acids is 1. The van der Waals surface area contributed by atoms with Gasteiger partial charge in [-0.3, -0.25) is 14.9 Å². The Hall–Kier alpha value is -1.39. The number of hydrogen-bond donors (Lipinski definition) is 1. The van der Waals surface area contributed by atoms with Crippen LogP contribution in [-0.4, -0.2) is 16.0 Å². The van der Waals surface area contributed by atoms with Gasteiger partial charge in [-0.1, -0.05) is 32.6 Å². The van der Waals surface area contributed by atoms with Crippen molar-refractivity contribution in [2.24, 2.45) is 0 Å². The van der Waals surface area contributed by atoms with E-state index in [0.29, 0.717) is 19.3 Å². The van der Waals surface area contributed by atoms with E-state index in [4.69, 9.17) is 5.11 Å². The molecule has 0 saturated heterocycles. The number of carboxylic acids is 1. The average molecular weight is 271 g/mol. The third-order valence-corrected chi connectivity index (χ3v) is 3.00. The van der Waals surface area contributed by atoms with Crippen LogP contribution >= 0.6 is 0 Å². The van der Waals surface area contributed by atoms with E-state index in [2.05, 4.69) is 6.92 Å². The van der Waals surface area contributed by atoms with Gasteiger partial charge in [-0.15, -0.1) is 0 Å². The van der Waals surface area contributed by atoms with Gasteiger partial charge in [0.2, 0.25) is 5.70 Å². The van der Waals surface area contributed by atoms with Crippen molar-refractivity contribution in [1.82, 2.24) is 0 Å². The molecule has 110 valence electrons. The lowest BCUT2D eigenvalue weighted by Gasteiger charge is -2.00. The molecule has 0 spiro atoms. The van der Waals surface area contributed by atoms with Gasteiger partial charge in [-0.05, 0) is 31.8 Å². The van der Waals surface area contributed by atoms with Crippen LogP contribution in [0.3, 0.4) is 0 Å². The van der Waals surface area contributed by atoms with Crippen LogP contribution in [-0.2, 0) is 4.79 Å². The van der Waals surface area contributed by atoms with Crippen LogP contribution in [0.1, 0.15) is 71.1 Å². The molecule has 0 aromatic carbocycles. The van der Waals surface area contributed by atoms with Crippen molar-refractivity contribution in [3.63, 3.8) is 0 Å². The number of unbranched alkanes of at least 4 members (excludes halogenated alkanes) is 6. The molecule has 0 aliphatic carbocycles. The number of rotatable bonds is 12. The summed E-state index contributed by atoms with van der Waals surface area (Å²) in [4.78, 5) is 20.8. The zero-order valence-corrected chi connectivity index (χ0v) is 11.8. The lowest BCUT2D eigenvalue weighted by Crippen LogP contribution is -1.99. The fourth-order valence-electron chi connectivity index (χ4n) is 1.87. The summed E-state index contributed by atoms with van der Waals surface area (Å²) in [5, 5.41) is 19.3. The smallest absolute Gasteiger partial charge is 0.303 e. The van der Waals surface area contributed by atoms with E-state index in [1.54, 1.807) is 6.08 Å². The summed E-state index contributed by atoms with van der Waals surface area (Å²) >= 11 is 0. The van der Waals surface area contributed by atoms with E-state index in [1.807, 2.05) is 0 Å². The summed E-state index contributed by atoms with van der Waals surface area (Å²) in [7, 11) is 0. The first-order valence-electron chi connectivity index (χ1n) is 7.13. The monoisotopic (exact) mass is 271 g/mol. The van der Waals surface area contributed by atoms with Crippen molar-refractivity contribution in [3.8, 4) is 0 Å². The standard InChI is InChI=1S/C14H25NO4/c1-2-3-4-5-7-10-13(15(18)19)11-8-6-9-12-14(16)17/h10H,2-9,11-12H2,1H3,(H,16,17). The number of allylic oxidation sites excluding steroid dienone is 2. The number of hydrogen-bond acceptors (Lipinski definition) is 3. The van der Waals surface area contributed by atoms with Crippen LogP contribution in [0.4, 0.5) is 0 Å². The van der Waals surface area contributed by atoms with E-state index < -0.39 is 5.97 Å². The molecule has 0 rings (SSSR count). The maximum atomic E-state index is 10.8. The van der Waals surface area contributed by atoms with Crippen LogP contribution in [0.25, 0.3) is 0 Å². The van der Waals surface area contributed by atoms with Crippen LogP contribution < -0.4 is 0 Å². The normalized spacial score (nSPS) is 11.5. The van der Waals surface area contributed by atoms with Crippen molar-refractivity contribution in [3.05, 3.63) is 21.9 Å². The van der Waals surface area contributed by atoms with Crippen LogP contribution in [0.5, 0.6) is 0 Å². The second-order valence-electron chi connectivity index (χ2n) is 4.76. The molecular formula is C14H25NO4. The quantitative estimate of drug-likeness (QED) is 0.328. The van der Waals surface area contributed by atoms with Gasteiger partial charge in [0.15, 0.2) is 0 Å². The Morgan fingerprint density at radius 1 is 1.11 bits per heavy atom. The zero-order valence-electron chi connectivity index (χ0n) is 11.8. The first kappa shape index (κ1) is 17.6. The SMILES string of the molecule is CCCCCCC=C(CCCCCC(=O)O)[N+](=O)[O-]. The van der Waals surface area contributed by atoms with Crippen LogP contribution in [0.15, 0.2) is 11.8 Å². The predicted octanol–water partition coefficient (Wildman–Crippen LogP) is 4.15. The van der Waals surface area contributed by atoms with Gasteiger partial charge in [0.25, 0.3) is 0 Å². The molecule has 0 unspecified atom stereocenters. The van der Waals surface area contributed by atoms with Crippen molar-refractivity contribution in [2.45, 2.75) is 71.1 Å². The van der Waals surface area contributed by atoms with E-state index in [-0.39, 0.29) is 17.0 Å². The number of carbonyl (C=O) groups is 1. The molecule has 0 heterocycles. The molecule has 0 saturated carbocycles. The first-order valence-corrected chi connectivity index (χ1v) is 7.13. The summed E-state index contributed by atoms with van der Waals surface area (Å²) < 4.78 is 0. The minimum absolute atomic E-state index is 0.147. The van der Waals surface area contributed by atoms with Gasteiger partial charge in [-0.2, -0.15) is 0 Å². The largest absolute Gasteiger partial charge is 0.481 e. The van der Waals surface area contributed by atoms with Crippen LogP contribution in [0, 0.1) is 10.1 Å². The maximum absolute atomic E-state index is 10.8. The van der Waals surface area contributed by atoms with E-state index in [0.717, 1.165) is 32.1 Å². The molecule has 0 aliphatic rings. The molecule has 19 heavy (non-hydrogen) atoms. The zero-order chi connectivity index (χ0) is 14.5. The second-order valence-corrected chi connectivity index (χ2v) is 4.76. The Bertz CT molecular complexity index is 300. The third kappa shape index (κ3) is 11.4. The molecule has 0 fully saturated rings. The molecule has 0 bridgehead atoms. The summed E-state index contributed by atoms with van der Waals surface area (Å²) in [5.41, 5.74) is 0.284. The van der Waals surface area contributed by atoms with Crippen molar-refractivity contribution >= 4 is 5.97 Å². The van der Waals surface area contributed by atoms with Crippen LogP contribution in [0.2, 0.25) is 0 Å². The summed E-state index contributed by atoms with van der Waals surface area (Å²) in [5.74, 6) is -0.805. The van der Waals surface area contributed by atoms with Gasteiger partial charge in [-0.25, -0.2) is 0 Å². The Kier molecular flexibility index (Phi) is 10.8. The summed E-state index contributed by atoms with van der Waals surface area (Å²) in [6, 6.07) is 0. The Labute approximate surface area is 114 Å². The summed E-state index contributed by atoms with van der Waals surface area (Å²) in [6.07, 6.45) is 9.57. The van der Waals surface area contributed by atoms with Gasteiger partial charge in [0, 0.05) is 12.8 Å². The molecule has 0 radical (unpaired) electrons. The maximum Gasteiger partial charge on any atom is 0.303 e. The molecule has 0 aliphatic heterocycles. The fraction of sp³-hybridized carbons (Fsp3) is 0.786. The second kappa shape index (κ2) is 11.7. The van der Waals surface area contributed by atoms with Gasteiger partial charge >= 0.3 is 5.97 Å². The van der Waals surface area contributed by atoms with Gasteiger partial charge < -0.3 is 5.11 Å². The van der Waals surface area contributed by atoms with E-state index >= 15 is 0 Å². The molecule has 5 nitrogen and oxygen atoms in total. The minimum Gasteiger partial charge on any atom is -0.481 e. The van der Waals surface area contributed by atoms with Crippen molar-refractivity contribution in [1.29, 1.82) is 0 Å². The first-order chi connectivity index (χ1) is 9.07. The fourth-order valence-corrected chi connectivity index (χ4v) is 1.87. The molecule has 0 aromatic rings. The number of nitro groups is 1. The highest BCUT2D eigenvalue weighted by Gasteiger charge is 2.09. The van der Waals surface area contributed by atoms with Crippen molar-refractivity contribution in [2.75, 3.05) is 0 Å². The lowest BCUT2D eigenvalue weighted by molar-refractivity contribution is -0.428. The van der Waals surface area contributed by atoms with E-state index in [9.17, 15) is 14.9 Å². The Morgan fingerprint density at radius 2 is 1.74 bits per heavy atom. The minimum atomic E-state index is -0.805. The number of nitrogens with zero attached hydrogens (tertiary/aromatic N) is 1. The predicted molar refractivity (Wildman–Crippen MR) is 74.6 cm³/mol. The Balaban J connectivity index is 3.82. The number of carboxylic acid groups (broad SMARTS) is 1. The topological polar surface area (TPSA) is 80.4 Å². The molecule has 0 amide bonds. The Morgan fingerprint density at radius 3 is 2.32 bits per heavy atom. The molecular weight excluding hydrogens is 246 g/mol. The summed E-state index contributed by atoms with van der Waals surface area (Å²) in [6.45, 7) is 2.13. The highest BCUT2D eigenvalue weighted by atomic mass is 16.6. The average Bonchev–Trinajstić information content (AvgIpc) is 2.35. The molecule has 1 N–H and O–H groups in total. The highest BCUT2D eigenvalue weighted by molar-refractivity contribution is 5.66. The van der Waals surface area contributed by atoms with Gasteiger partial charge in [0.05, 0.1) is 4.92 Å². The molecule has 5 heteroatoms. The highest BCUT2D eigenvalue weighted by Crippen LogP contribution is 2.13.